The quantitative estimate of drug-likeness (QED) is 0.406. The fourth-order valence-corrected chi connectivity index (χ4v) is 5.23. The molecular weight excluding hydrogens is 428 g/mol. The van der Waals surface area contributed by atoms with E-state index in [-0.39, 0.29) is 17.9 Å². The van der Waals surface area contributed by atoms with Gasteiger partial charge >= 0.3 is 0 Å². The summed E-state index contributed by atoms with van der Waals surface area (Å²) in [5, 5.41) is 7.95. The van der Waals surface area contributed by atoms with Crippen LogP contribution in [0.1, 0.15) is 49.8 Å². The Balaban J connectivity index is 1.52. The predicted molar refractivity (Wildman–Crippen MR) is 134 cm³/mol. The van der Waals surface area contributed by atoms with Gasteiger partial charge in [-0.25, -0.2) is 14.5 Å². The number of fused-ring (bicyclic) bond motifs is 2. The summed E-state index contributed by atoms with van der Waals surface area (Å²) in [5.41, 5.74) is 14.0. The average molecular weight is 461 g/mol. The lowest BCUT2D eigenvalue weighted by atomic mass is 9.95. The van der Waals surface area contributed by atoms with Gasteiger partial charge in [-0.3, -0.25) is 9.69 Å². The summed E-state index contributed by atoms with van der Waals surface area (Å²) in [6.45, 7) is 11.8. The van der Waals surface area contributed by atoms with Gasteiger partial charge < -0.3 is 16.0 Å². The number of carbonyl (C=O) groups is 1. The number of nitrogens with one attached hydrogen (secondary N) is 2. The Labute approximate surface area is 198 Å². The summed E-state index contributed by atoms with van der Waals surface area (Å²) in [4.78, 5) is 26.6. The number of hydrogen-bond donors (Lipinski definition) is 3. The first-order chi connectivity index (χ1) is 16.2. The molecule has 0 spiro atoms. The maximum Gasteiger partial charge on any atom is 0.231 e. The van der Waals surface area contributed by atoms with E-state index in [1.54, 1.807) is 6.33 Å². The van der Waals surface area contributed by atoms with Crippen molar-refractivity contribution in [1.82, 2.24) is 29.5 Å². The molecule has 178 valence electrons. The Morgan fingerprint density at radius 2 is 2.09 bits per heavy atom. The van der Waals surface area contributed by atoms with Crippen molar-refractivity contribution in [2.24, 2.45) is 5.73 Å². The molecule has 0 radical (unpaired) electrons. The summed E-state index contributed by atoms with van der Waals surface area (Å²) < 4.78 is 1.84. The Hall–Kier alpha value is -3.46. The standard InChI is InChI=1S/C25H32N8O/c1-13(2)22-23(18-10-33-25(27-12-28-33)16(5)15(18)4)30-19-6-7-21(31-24(19)22)29-17-8-14(3)32(9-17)11-20(26)34/h6-7,10,12-14,17,30H,8-9,11H2,1-5H3,(H2,26,34)(H,29,31)/t14-,17+/m1/s1. The highest BCUT2D eigenvalue weighted by Crippen LogP contribution is 2.37. The van der Waals surface area contributed by atoms with Gasteiger partial charge in [-0.15, -0.1) is 0 Å². The van der Waals surface area contributed by atoms with Crippen molar-refractivity contribution in [3.8, 4) is 11.3 Å². The van der Waals surface area contributed by atoms with Crippen LogP contribution in [0, 0.1) is 13.8 Å². The molecule has 1 fully saturated rings. The first-order valence-corrected chi connectivity index (χ1v) is 11.8. The van der Waals surface area contributed by atoms with Crippen molar-refractivity contribution in [2.45, 2.75) is 59.0 Å². The zero-order chi connectivity index (χ0) is 24.1. The Bertz CT molecular complexity index is 1380. The van der Waals surface area contributed by atoms with Gasteiger partial charge in [0.1, 0.15) is 12.1 Å². The number of nitrogens with two attached hydrogens (primary N) is 1. The van der Waals surface area contributed by atoms with Crippen molar-refractivity contribution >= 4 is 28.4 Å². The van der Waals surface area contributed by atoms with Crippen LogP contribution in [-0.2, 0) is 4.79 Å². The number of likely N-dealkylation sites (tertiary alicyclic amines) is 1. The van der Waals surface area contributed by atoms with Gasteiger partial charge in [-0.2, -0.15) is 5.10 Å². The van der Waals surface area contributed by atoms with Crippen LogP contribution < -0.4 is 11.1 Å². The van der Waals surface area contributed by atoms with E-state index < -0.39 is 0 Å². The summed E-state index contributed by atoms with van der Waals surface area (Å²) >= 11 is 0. The number of H-pyrrole nitrogens is 1. The lowest BCUT2D eigenvalue weighted by Gasteiger charge is -2.18. The molecule has 1 aliphatic heterocycles. The molecule has 4 aromatic heterocycles. The number of aryl methyl sites for hydroxylation is 1. The second-order valence-electron chi connectivity index (χ2n) is 9.80. The molecule has 1 aliphatic rings. The van der Waals surface area contributed by atoms with Crippen LogP contribution in [0.25, 0.3) is 27.9 Å². The van der Waals surface area contributed by atoms with Gasteiger partial charge in [0.25, 0.3) is 0 Å². The van der Waals surface area contributed by atoms with Crippen LogP contribution in [0.3, 0.4) is 0 Å². The molecule has 2 atom stereocenters. The van der Waals surface area contributed by atoms with Crippen LogP contribution in [-0.4, -0.2) is 60.5 Å². The molecule has 0 aliphatic carbocycles. The number of pyridine rings is 2. The Morgan fingerprint density at radius 1 is 1.29 bits per heavy atom. The summed E-state index contributed by atoms with van der Waals surface area (Å²) in [6.07, 6.45) is 4.58. The summed E-state index contributed by atoms with van der Waals surface area (Å²) in [7, 11) is 0. The van der Waals surface area contributed by atoms with Gasteiger partial charge in [-0.05, 0) is 56.4 Å². The Kier molecular flexibility index (Phi) is 5.51. The third kappa shape index (κ3) is 3.79. The maximum atomic E-state index is 11.4. The summed E-state index contributed by atoms with van der Waals surface area (Å²) in [6, 6.07) is 4.64. The predicted octanol–water partition coefficient (Wildman–Crippen LogP) is 3.37. The number of nitrogens with zero attached hydrogens (tertiary/aromatic N) is 5. The topological polar surface area (TPSA) is 117 Å². The van der Waals surface area contributed by atoms with Gasteiger partial charge in [0.2, 0.25) is 5.91 Å². The van der Waals surface area contributed by atoms with Crippen LogP contribution in [0.5, 0.6) is 0 Å². The lowest BCUT2D eigenvalue weighted by molar-refractivity contribution is -0.119. The molecular formula is C25H32N8O. The highest BCUT2D eigenvalue weighted by Gasteiger charge is 2.30. The normalized spacial score (nSPS) is 19.0. The Morgan fingerprint density at radius 3 is 2.82 bits per heavy atom. The number of carbonyl (C=O) groups excluding carboxylic acids is 1. The van der Waals surface area contributed by atoms with Crippen LogP contribution in [0.4, 0.5) is 5.82 Å². The second-order valence-corrected chi connectivity index (χ2v) is 9.80. The van der Waals surface area contributed by atoms with Crippen molar-refractivity contribution in [2.75, 3.05) is 18.4 Å². The number of anilines is 1. The zero-order valence-corrected chi connectivity index (χ0v) is 20.4. The number of hydrogen-bond acceptors (Lipinski definition) is 6. The minimum atomic E-state index is -0.289. The third-order valence-electron chi connectivity index (χ3n) is 7.07. The van der Waals surface area contributed by atoms with Crippen molar-refractivity contribution < 1.29 is 4.79 Å². The second kappa shape index (κ2) is 8.39. The van der Waals surface area contributed by atoms with E-state index in [1.807, 2.05) is 16.8 Å². The molecule has 4 N–H and O–H groups in total. The molecule has 9 heteroatoms. The van der Waals surface area contributed by atoms with Crippen LogP contribution in [0.2, 0.25) is 0 Å². The molecule has 1 saturated heterocycles. The minimum absolute atomic E-state index is 0.222. The van der Waals surface area contributed by atoms with Crippen molar-refractivity contribution in [1.29, 1.82) is 0 Å². The molecule has 5 heterocycles. The van der Waals surface area contributed by atoms with Crippen molar-refractivity contribution in [3.63, 3.8) is 0 Å². The largest absolute Gasteiger partial charge is 0.369 e. The molecule has 34 heavy (non-hydrogen) atoms. The van der Waals surface area contributed by atoms with Gasteiger partial charge in [0, 0.05) is 36.0 Å². The number of primary amides is 1. The highest BCUT2D eigenvalue weighted by atomic mass is 16.1. The minimum Gasteiger partial charge on any atom is -0.369 e. The van der Waals surface area contributed by atoms with Crippen molar-refractivity contribution in [3.05, 3.63) is 41.3 Å². The zero-order valence-electron chi connectivity index (χ0n) is 20.4. The van der Waals surface area contributed by atoms with E-state index in [4.69, 9.17) is 10.7 Å². The fourth-order valence-electron chi connectivity index (χ4n) is 5.23. The highest BCUT2D eigenvalue weighted by molar-refractivity contribution is 5.90. The van der Waals surface area contributed by atoms with E-state index in [9.17, 15) is 4.79 Å². The van der Waals surface area contributed by atoms with Gasteiger partial charge in [-0.1, -0.05) is 13.8 Å². The van der Waals surface area contributed by atoms with Crippen LogP contribution in [0.15, 0.2) is 24.7 Å². The smallest absolute Gasteiger partial charge is 0.231 e. The first kappa shape index (κ1) is 22.3. The van der Waals surface area contributed by atoms with E-state index in [2.05, 4.69) is 66.0 Å². The number of rotatable bonds is 6. The SMILES string of the molecule is Cc1c(-c2[nH]c3ccc(N[C@H]4C[C@@H](C)N(CC(N)=O)C4)nc3c2C(C)C)cn2ncnc2c1C. The van der Waals surface area contributed by atoms with E-state index in [0.29, 0.717) is 12.6 Å². The van der Waals surface area contributed by atoms with Crippen LogP contribution >= 0.6 is 0 Å². The van der Waals surface area contributed by atoms with E-state index in [0.717, 1.165) is 52.3 Å². The molecule has 5 rings (SSSR count). The van der Waals surface area contributed by atoms with E-state index >= 15 is 0 Å². The number of aromatic nitrogens is 5. The molecule has 0 unspecified atom stereocenters. The summed E-state index contributed by atoms with van der Waals surface area (Å²) in [5.74, 6) is 0.830. The molecule has 0 bridgehead atoms. The van der Waals surface area contributed by atoms with Gasteiger partial charge in [0.15, 0.2) is 5.65 Å². The van der Waals surface area contributed by atoms with Gasteiger partial charge in [0.05, 0.1) is 23.3 Å². The fraction of sp³-hybridized carbons (Fsp3) is 0.440. The average Bonchev–Trinajstić information content (AvgIpc) is 3.47. The number of amides is 1. The maximum absolute atomic E-state index is 11.4. The molecule has 4 aromatic rings. The first-order valence-electron chi connectivity index (χ1n) is 11.8. The molecule has 0 saturated carbocycles. The number of aromatic amines is 1. The monoisotopic (exact) mass is 460 g/mol. The third-order valence-corrected chi connectivity index (χ3v) is 7.07. The molecule has 0 aromatic carbocycles. The molecule has 1 amide bonds. The lowest BCUT2D eigenvalue weighted by Crippen LogP contribution is -2.36. The van der Waals surface area contributed by atoms with E-state index in [1.165, 1.54) is 11.1 Å². The molecule has 9 nitrogen and oxygen atoms in total.